The van der Waals surface area contributed by atoms with E-state index in [0.29, 0.717) is 24.7 Å². The highest BCUT2D eigenvalue weighted by Crippen LogP contribution is 2.34. The summed E-state index contributed by atoms with van der Waals surface area (Å²) in [6, 6.07) is 11.5. The first kappa shape index (κ1) is 15.3. The van der Waals surface area contributed by atoms with Crippen LogP contribution in [0.3, 0.4) is 0 Å². The molecule has 0 radical (unpaired) electrons. The van der Waals surface area contributed by atoms with E-state index < -0.39 is 17.3 Å². The largest absolute Gasteiger partial charge is 0.486 e. The monoisotopic (exact) mass is 315 g/mol. The van der Waals surface area contributed by atoms with Gasteiger partial charge in [-0.2, -0.15) is 0 Å². The molecule has 0 aromatic heterocycles. The van der Waals surface area contributed by atoms with Gasteiger partial charge in [-0.05, 0) is 43.7 Å². The normalized spacial score (nSPS) is 13.5. The van der Waals surface area contributed by atoms with Crippen molar-refractivity contribution in [3.63, 3.8) is 0 Å². The maximum atomic E-state index is 13.7. The zero-order chi connectivity index (χ0) is 16.4. The third kappa shape index (κ3) is 3.13. The Labute approximate surface area is 134 Å². The fraction of sp³-hybridized carbons (Fsp3) is 0.278. The fourth-order valence-corrected chi connectivity index (χ4v) is 2.50. The summed E-state index contributed by atoms with van der Waals surface area (Å²) in [6.45, 7) is 4.74. The van der Waals surface area contributed by atoms with Crippen LogP contribution < -0.4 is 14.8 Å². The Morgan fingerprint density at radius 1 is 1.09 bits per heavy atom. The smallest absolute Gasteiger partial charge is 0.254 e. The molecule has 1 aliphatic heterocycles. The van der Waals surface area contributed by atoms with Gasteiger partial charge in [0.2, 0.25) is 0 Å². The molecule has 5 heteroatoms. The molecule has 1 aliphatic rings. The Morgan fingerprint density at radius 3 is 2.52 bits per heavy atom. The van der Waals surface area contributed by atoms with Crippen LogP contribution in [0.4, 0.5) is 4.39 Å². The lowest BCUT2D eigenvalue weighted by molar-refractivity contribution is 0.0907. The molecule has 0 aliphatic carbocycles. The van der Waals surface area contributed by atoms with E-state index in [2.05, 4.69) is 5.32 Å². The van der Waals surface area contributed by atoms with Crippen molar-refractivity contribution in [2.75, 3.05) is 13.2 Å². The van der Waals surface area contributed by atoms with Crippen LogP contribution in [0.2, 0.25) is 0 Å². The number of carbonyl (C=O) groups is 1. The SMILES string of the molecule is CC(C)(NC(=O)c1ccccc1F)c1ccc2c(c1)OCCO2. The van der Waals surface area contributed by atoms with Gasteiger partial charge in [-0.15, -0.1) is 0 Å². The van der Waals surface area contributed by atoms with Gasteiger partial charge in [0.1, 0.15) is 19.0 Å². The van der Waals surface area contributed by atoms with Crippen molar-refractivity contribution in [1.82, 2.24) is 5.32 Å². The zero-order valence-corrected chi connectivity index (χ0v) is 13.1. The summed E-state index contributed by atoms with van der Waals surface area (Å²) in [5.74, 6) is 0.351. The Kier molecular flexibility index (Phi) is 3.94. The molecular formula is C18H18FNO3. The fourth-order valence-electron chi connectivity index (χ4n) is 2.50. The van der Waals surface area contributed by atoms with Crippen LogP contribution in [0.25, 0.3) is 0 Å². The van der Waals surface area contributed by atoms with E-state index in [9.17, 15) is 9.18 Å². The van der Waals surface area contributed by atoms with Crippen LogP contribution in [-0.4, -0.2) is 19.1 Å². The predicted octanol–water partition coefficient (Wildman–Crippen LogP) is 3.26. The average Bonchev–Trinajstić information content (AvgIpc) is 2.54. The summed E-state index contributed by atoms with van der Waals surface area (Å²) in [6.07, 6.45) is 0. The molecule has 3 rings (SSSR count). The van der Waals surface area contributed by atoms with E-state index in [1.165, 1.54) is 12.1 Å². The quantitative estimate of drug-likeness (QED) is 0.946. The van der Waals surface area contributed by atoms with Crippen molar-refractivity contribution in [3.8, 4) is 11.5 Å². The summed E-state index contributed by atoms with van der Waals surface area (Å²) < 4.78 is 24.8. The minimum atomic E-state index is -0.685. The third-order valence-corrected chi connectivity index (χ3v) is 3.81. The van der Waals surface area contributed by atoms with Gasteiger partial charge < -0.3 is 14.8 Å². The molecule has 0 atom stereocenters. The van der Waals surface area contributed by atoms with E-state index in [4.69, 9.17) is 9.47 Å². The zero-order valence-electron chi connectivity index (χ0n) is 13.1. The molecule has 4 nitrogen and oxygen atoms in total. The van der Waals surface area contributed by atoms with Crippen molar-refractivity contribution < 1.29 is 18.7 Å². The van der Waals surface area contributed by atoms with Crippen molar-refractivity contribution in [2.24, 2.45) is 0 Å². The second-order valence-electron chi connectivity index (χ2n) is 5.92. The van der Waals surface area contributed by atoms with Crippen LogP contribution in [0, 0.1) is 5.82 Å². The Balaban J connectivity index is 1.84. The number of amides is 1. The number of halogens is 1. The van der Waals surface area contributed by atoms with Gasteiger partial charge in [-0.25, -0.2) is 4.39 Å². The molecule has 0 saturated carbocycles. The second kappa shape index (κ2) is 5.91. The molecule has 0 spiro atoms. The van der Waals surface area contributed by atoms with E-state index in [1.54, 1.807) is 12.1 Å². The molecule has 2 aromatic rings. The summed E-state index contributed by atoms with van der Waals surface area (Å²) in [5.41, 5.74) is 0.194. The molecule has 0 unspecified atom stereocenters. The Bertz CT molecular complexity index is 743. The van der Waals surface area contributed by atoms with E-state index >= 15 is 0 Å². The van der Waals surface area contributed by atoms with Crippen molar-refractivity contribution in [3.05, 3.63) is 59.4 Å². The number of nitrogens with one attached hydrogen (secondary N) is 1. The molecule has 120 valence electrons. The Hall–Kier alpha value is -2.56. The molecule has 2 aromatic carbocycles. The summed E-state index contributed by atoms with van der Waals surface area (Å²) in [5, 5.41) is 2.86. The molecule has 0 fully saturated rings. The van der Waals surface area contributed by atoms with Gasteiger partial charge in [-0.3, -0.25) is 4.79 Å². The molecular weight excluding hydrogens is 297 g/mol. The van der Waals surface area contributed by atoms with Gasteiger partial charge in [0.15, 0.2) is 11.5 Å². The summed E-state index contributed by atoms with van der Waals surface area (Å²) in [4.78, 5) is 12.3. The maximum Gasteiger partial charge on any atom is 0.254 e. The van der Waals surface area contributed by atoms with Gasteiger partial charge in [0.05, 0.1) is 11.1 Å². The summed E-state index contributed by atoms with van der Waals surface area (Å²) >= 11 is 0. The van der Waals surface area contributed by atoms with Gasteiger partial charge in [-0.1, -0.05) is 18.2 Å². The highest BCUT2D eigenvalue weighted by atomic mass is 19.1. The third-order valence-electron chi connectivity index (χ3n) is 3.81. The minimum Gasteiger partial charge on any atom is -0.486 e. The molecule has 0 saturated heterocycles. The number of benzene rings is 2. The number of rotatable bonds is 3. The highest BCUT2D eigenvalue weighted by Gasteiger charge is 2.26. The van der Waals surface area contributed by atoms with E-state index in [1.807, 2.05) is 32.0 Å². The van der Waals surface area contributed by atoms with Crippen molar-refractivity contribution >= 4 is 5.91 Å². The van der Waals surface area contributed by atoms with E-state index in [0.717, 1.165) is 5.56 Å². The molecule has 0 bridgehead atoms. The highest BCUT2D eigenvalue weighted by molar-refractivity contribution is 5.95. The van der Waals surface area contributed by atoms with Gasteiger partial charge in [0.25, 0.3) is 5.91 Å². The van der Waals surface area contributed by atoms with Crippen LogP contribution in [0.5, 0.6) is 11.5 Å². The average molecular weight is 315 g/mol. The number of hydrogen-bond acceptors (Lipinski definition) is 3. The van der Waals surface area contributed by atoms with Crippen LogP contribution in [0.15, 0.2) is 42.5 Å². The van der Waals surface area contributed by atoms with Gasteiger partial charge >= 0.3 is 0 Å². The lowest BCUT2D eigenvalue weighted by Gasteiger charge is -2.28. The Morgan fingerprint density at radius 2 is 1.78 bits per heavy atom. The van der Waals surface area contributed by atoms with Crippen LogP contribution in [0.1, 0.15) is 29.8 Å². The predicted molar refractivity (Wildman–Crippen MR) is 84.3 cm³/mol. The molecule has 1 amide bonds. The first-order valence-corrected chi connectivity index (χ1v) is 7.44. The van der Waals surface area contributed by atoms with Gasteiger partial charge in [0, 0.05) is 0 Å². The van der Waals surface area contributed by atoms with E-state index in [-0.39, 0.29) is 5.56 Å². The van der Waals surface area contributed by atoms with Crippen molar-refractivity contribution in [1.29, 1.82) is 0 Å². The lowest BCUT2D eigenvalue weighted by Crippen LogP contribution is -2.41. The first-order valence-electron chi connectivity index (χ1n) is 7.44. The maximum absolute atomic E-state index is 13.7. The number of ether oxygens (including phenoxy) is 2. The first-order chi connectivity index (χ1) is 11.0. The number of hydrogen-bond donors (Lipinski definition) is 1. The molecule has 23 heavy (non-hydrogen) atoms. The standard InChI is InChI=1S/C18H18FNO3/c1-18(2,20-17(21)13-5-3-4-6-14(13)19)12-7-8-15-16(11-12)23-10-9-22-15/h3-8,11H,9-10H2,1-2H3,(H,20,21). The lowest BCUT2D eigenvalue weighted by atomic mass is 9.93. The summed E-state index contributed by atoms with van der Waals surface area (Å²) in [7, 11) is 0. The minimum absolute atomic E-state index is 0.0260. The molecule has 1 N–H and O–H groups in total. The molecule has 1 heterocycles. The number of carbonyl (C=O) groups excluding carboxylic acids is 1. The van der Waals surface area contributed by atoms with Crippen molar-refractivity contribution in [2.45, 2.75) is 19.4 Å². The number of fused-ring (bicyclic) bond motifs is 1. The topological polar surface area (TPSA) is 47.6 Å². The second-order valence-corrected chi connectivity index (χ2v) is 5.92. The van der Waals surface area contributed by atoms with Crippen LogP contribution >= 0.6 is 0 Å². The van der Waals surface area contributed by atoms with Crippen LogP contribution in [-0.2, 0) is 5.54 Å².